The summed E-state index contributed by atoms with van der Waals surface area (Å²) in [5.41, 5.74) is 1.56. The van der Waals surface area contributed by atoms with Crippen molar-refractivity contribution >= 4 is 37.1 Å². The molecule has 4 atom stereocenters. The highest BCUT2D eigenvalue weighted by Crippen LogP contribution is 2.42. The minimum absolute atomic E-state index is 0.112. The number of hydrogen-bond donors (Lipinski definition) is 0. The van der Waals surface area contributed by atoms with Crippen LogP contribution in [0.2, 0.25) is 16.6 Å². The Balaban J connectivity index is 2.90. The fourth-order valence-corrected chi connectivity index (χ4v) is 10.4. The summed E-state index contributed by atoms with van der Waals surface area (Å²) in [5, 5.41) is 0. The van der Waals surface area contributed by atoms with Gasteiger partial charge in [0.15, 0.2) is 0 Å². The van der Waals surface area contributed by atoms with E-state index in [2.05, 4.69) is 78.0 Å². The Bertz CT molecular complexity index is 376. The van der Waals surface area contributed by atoms with Gasteiger partial charge in [0.2, 0.25) is 8.32 Å². The first-order chi connectivity index (χ1) is 10.5. The second kappa shape index (κ2) is 8.51. The topological polar surface area (TPSA) is 44.8 Å². The zero-order valence-corrected chi connectivity index (χ0v) is 18.9. The van der Waals surface area contributed by atoms with E-state index in [0.29, 0.717) is 23.2 Å². The molecule has 4 nitrogen and oxygen atoms in total. The first-order valence-electron chi connectivity index (χ1n) is 8.69. The average Bonchev–Trinajstić information content (AvgIpc) is 2.41. The van der Waals surface area contributed by atoms with Crippen LogP contribution in [0.1, 0.15) is 55.4 Å². The summed E-state index contributed by atoms with van der Waals surface area (Å²) in [6, 6.07) is 0. The normalized spacial score (nSPS) is 27.3. The fraction of sp³-hybridized carbons (Fsp3) is 0.941. The van der Waals surface area contributed by atoms with Crippen LogP contribution in [0.5, 0.6) is 0 Å². The van der Waals surface area contributed by atoms with Crippen molar-refractivity contribution in [1.82, 2.24) is 0 Å². The molecule has 136 valence electrons. The van der Waals surface area contributed by atoms with E-state index < -0.39 is 14.5 Å². The number of halogens is 1. The highest BCUT2D eigenvalue weighted by Gasteiger charge is 2.47. The van der Waals surface area contributed by atoms with Crippen LogP contribution in [0, 0.1) is 5.92 Å². The van der Waals surface area contributed by atoms with Crippen LogP contribution in [-0.2, 0) is 13.9 Å². The highest BCUT2D eigenvalue weighted by atomic mass is 127. The fourth-order valence-electron chi connectivity index (χ4n) is 4.11. The van der Waals surface area contributed by atoms with Crippen LogP contribution < -0.4 is 0 Å². The van der Waals surface area contributed by atoms with Gasteiger partial charge in [0.05, 0.1) is 6.61 Å². The van der Waals surface area contributed by atoms with E-state index in [4.69, 9.17) is 13.9 Å². The van der Waals surface area contributed by atoms with E-state index >= 15 is 0 Å². The maximum absolute atomic E-state index is 11.8. The molecule has 0 unspecified atom stereocenters. The molecule has 1 fully saturated rings. The van der Waals surface area contributed by atoms with Crippen LogP contribution >= 0.6 is 22.6 Å². The average molecular weight is 456 g/mol. The third-order valence-corrected chi connectivity index (χ3v) is 12.0. The highest BCUT2D eigenvalue weighted by molar-refractivity contribution is 14.1. The van der Waals surface area contributed by atoms with Crippen molar-refractivity contribution < 1.29 is 18.7 Å². The number of alkyl halides is 1. The first-order valence-corrected chi connectivity index (χ1v) is 12.1. The van der Waals surface area contributed by atoms with Gasteiger partial charge in [-0.2, -0.15) is 0 Å². The molecule has 23 heavy (non-hydrogen) atoms. The first kappa shape index (κ1) is 21.2. The van der Waals surface area contributed by atoms with E-state index in [9.17, 15) is 4.79 Å². The van der Waals surface area contributed by atoms with Crippen molar-refractivity contribution in [2.24, 2.45) is 5.92 Å². The lowest BCUT2D eigenvalue weighted by Crippen LogP contribution is -2.53. The lowest BCUT2D eigenvalue weighted by Gasteiger charge is -2.44. The Labute approximate surface area is 156 Å². The number of hydrogen-bond acceptors (Lipinski definition) is 4. The molecule has 0 radical (unpaired) electrons. The predicted octanol–water partition coefficient (Wildman–Crippen LogP) is 5.54. The largest absolute Gasteiger partial charge is 0.508 e. The van der Waals surface area contributed by atoms with E-state index in [-0.39, 0.29) is 22.1 Å². The zero-order valence-electron chi connectivity index (χ0n) is 15.8. The van der Waals surface area contributed by atoms with Crippen molar-refractivity contribution in [1.29, 1.82) is 0 Å². The molecular weight excluding hydrogens is 423 g/mol. The van der Waals surface area contributed by atoms with Crippen LogP contribution in [0.3, 0.4) is 0 Å². The summed E-state index contributed by atoms with van der Waals surface area (Å²) in [5.74, 6) is 0.137. The molecule has 0 aliphatic carbocycles. The molecule has 1 rings (SSSR count). The molecular formula is C17H33IO4Si. The summed E-state index contributed by atoms with van der Waals surface area (Å²) in [7, 11) is -1.95. The summed E-state index contributed by atoms with van der Waals surface area (Å²) < 4.78 is 17.7. The van der Waals surface area contributed by atoms with E-state index in [1.807, 2.05) is 0 Å². The minimum Gasteiger partial charge on any atom is -0.429 e. The van der Waals surface area contributed by atoms with Gasteiger partial charge in [-0.25, -0.2) is 4.79 Å². The third kappa shape index (κ3) is 4.63. The van der Waals surface area contributed by atoms with Gasteiger partial charge in [0.25, 0.3) is 0 Å². The predicted molar refractivity (Wildman–Crippen MR) is 105 cm³/mol. The van der Waals surface area contributed by atoms with Gasteiger partial charge in [-0.3, -0.25) is 0 Å². The molecule has 0 aromatic rings. The Morgan fingerprint density at radius 3 is 1.91 bits per heavy atom. The maximum Gasteiger partial charge on any atom is 0.508 e. The summed E-state index contributed by atoms with van der Waals surface area (Å²) in [4.78, 5) is 11.8. The van der Waals surface area contributed by atoms with Crippen LogP contribution in [0.25, 0.3) is 0 Å². The van der Waals surface area contributed by atoms with E-state index in [1.54, 1.807) is 0 Å². The molecule has 1 saturated heterocycles. The molecule has 6 heteroatoms. The van der Waals surface area contributed by atoms with Crippen LogP contribution in [0.15, 0.2) is 0 Å². The van der Waals surface area contributed by atoms with E-state index in [0.717, 1.165) is 0 Å². The monoisotopic (exact) mass is 456 g/mol. The second-order valence-corrected chi connectivity index (χ2v) is 15.1. The molecule has 0 aromatic carbocycles. The van der Waals surface area contributed by atoms with Crippen molar-refractivity contribution in [3.05, 3.63) is 0 Å². The van der Waals surface area contributed by atoms with Gasteiger partial charge in [-0.05, 0) is 23.5 Å². The van der Waals surface area contributed by atoms with Gasteiger partial charge < -0.3 is 13.9 Å². The number of carbonyl (C=O) groups excluding carboxylic acids is 1. The molecule has 0 N–H and O–H groups in total. The molecule has 1 aliphatic heterocycles. The Morgan fingerprint density at radius 1 is 1.04 bits per heavy atom. The van der Waals surface area contributed by atoms with Crippen molar-refractivity contribution in [3.8, 4) is 0 Å². The molecule has 1 aliphatic rings. The van der Waals surface area contributed by atoms with Gasteiger partial charge in [-0.1, -0.05) is 71.1 Å². The molecule has 0 spiro atoms. The molecule has 0 saturated carbocycles. The summed E-state index contributed by atoms with van der Waals surface area (Å²) >= 11 is 2.31. The van der Waals surface area contributed by atoms with E-state index in [1.165, 1.54) is 0 Å². The number of carbonyl (C=O) groups is 1. The lowest BCUT2D eigenvalue weighted by molar-refractivity contribution is -0.104. The molecule has 0 aromatic heterocycles. The van der Waals surface area contributed by atoms with Gasteiger partial charge in [-0.15, -0.1) is 0 Å². The molecule has 1 heterocycles. The standard InChI is InChI=1S/C17H33IO4Si/c1-10(2)23(11(3)4,12(5)6)20-9-15-13(7)16(14(8)18)22-17(19)21-15/h10-16H,9H2,1-8H3/t13-,14-,15+,16-/m1/s1. The van der Waals surface area contributed by atoms with Crippen molar-refractivity contribution in [2.75, 3.05) is 6.61 Å². The van der Waals surface area contributed by atoms with Gasteiger partial charge in [0, 0.05) is 9.84 Å². The zero-order chi connectivity index (χ0) is 17.9. The van der Waals surface area contributed by atoms with Crippen LogP contribution in [-0.4, -0.2) is 37.2 Å². The smallest absolute Gasteiger partial charge is 0.429 e. The maximum atomic E-state index is 11.8. The third-order valence-electron chi connectivity index (χ3n) is 5.24. The van der Waals surface area contributed by atoms with Crippen molar-refractivity contribution in [3.63, 3.8) is 0 Å². The molecule has 0 bridgehead atoms. The number of rotatable bonds is 7. The second-order valence-electron chi connectivity index (χ2n) is 7.65. The minimum atomic E-state index is -1.95. The van der Waals surface area contributed by atoms with Crippen LogP contribution in [0.4, 0.5) is 4.79 Å². The summed E-state index contributed by atoms with van der Waals surface area (Å²) in [6.45, 7) is 18.2. The lowest BCUT2D eigenvalue weighted by atomic mass is 9.95. The molecule has 0 amide bonds. The van der Waals surface area contributed by atoms with Gasteiger partial charge in [0.1, 0.15) is 12.2 Å². The Hall–Kier alpha value is 0.177. The summed E-state index contributed by atoms with van der Waals surface area (Å²) in [6.07, 6.45) is -0.892. The van der Waals surface area contributed by atoms with Gasteiger partial charge >= 0.3 is 6.16 Å². The quantitative estimate of drug-likeness (QED) is 0.218. The number of ether oxygens (including phenoxy) is 2. The Kier molecular flexibility index (Phi) is 7.86. The SMILES string of the molecule is CC(C)[Si](OC[C@@H]1OC(=O)O[C@@H]([C@@H](C)I)[C@@H]1C)(C(C)C)C(C)C. The van der Waals surface area contributed by atoms with Crippen molar-refractivity contribution in [2.45, 2.75) is 88.1 Å². The number of cyclic esters (lactones) is 2. The Morgan fingerprint density at radius 2 is 1.52 bits per heavy atom.